The molecule has 2 aromatic rings. The maximum absolute atomic E-state index is 13.0. The number of hydrogen-bond donors (Lipinski definition) is 0. The van der Waals surface area contributed by atoms with Crippen LogP contribution in [0, 0.1) is 0 Å². The molecule has 2 fully saturated rings. The maximum atomic E-state index is 13.0. The largest absolute Gasteiger partial charge is 0.451 e. The van der Waals surface area contributed by atoms with Crippen molar-refractivity contribution in [3.63, 3.8) is 0 Å². The zero-order chi connectivity index (χ0) is 22.9. The average molecular weight is 470 g/mol. The number of rotatable bonds is 4. The number of alkyl halides is 3. The first kappa shape index (κ1) is 22.6. The van der Waals surface area contributed by atoms with E-state index in [1.807, 2.05) is 37.3 Å². The van der Waals surface area contributed by atoms with Crippen LogP contribution in [-0.4, -0.2) is 70.7 Å². The molecule has 1 aromatic carbocycles. The third-order valence-corrected chi connectivity index (χ3v) is 6.10. The minimum Gasteiger partial charge on any atom is -0.445 e. The van der Waals surface area contributed by atoms with Crippen LogP contribution in [0.4, 0.5) is 23.8 Å². The average Bonchev–Trinajstić information content (AvgIpc) is 2.77. The first-order valence-corrected chi connectivity index (χ1v) is 10.7. The van der Waals surface area contributed by atoms with E-state index in [2.05, 4.69) is 14.9 Å². The number of aromatic nitrogens is 2. The summed E-state index contributed by atoms with van der Waals surface area (Å²) in [4.78, 5) is 25.0. The van der Waals surface area contributed by atoms with E-state index in [1.54, 1.807) is 9.80 Å². The van der Waals surface area contributed by atoms with Gasteiger partial charge in [-0.2, -0.15) is 13.2 Å². The molecular formula is C21H23ClF3N5O2. The van der Waals surface area contributed by atoms with Crippen molar-refractivity contribution in [1.29, 1.82) is 0 Å². The number of carbonyl (C=O) groups is 1. The van der Waals surface area contributed by atoms with E-state index in [1.165, 1.54) is 6.07 Å². The molecule has 7 nitrogen and oxygen atoms in total. The minimum atomic E-state index is -4.65. The summed E-state index contributed by atoms with van der Waals surface area (Å²) in [6, 6.07) is 11.0. The highest BCUT2D eigenvalue weighted by atomic mass is 35.5. The molecule has 0 radical (unpaired) electrons. The summed E-state index contributed by atoms with van der Waals surface area (Å²) in [5, 5.41) is -0.236. The second-order valence-electron chi connectivity index (χ2n) is 7.89. The summed E-state index contributed by atoms with van der Waals surface area (Å²) in [5.74, 6) is -1.07. The van der Waals surface area contributed by atoms with Crippen LogP contribution in [0.1, 0.15) is 18.3 Å². The normalized spacial score (nSPS) is 21.9. The van der Waals surface area contributed by atoms with Gasteiger partial charge in [0, 0.05) is 50.9 Å². The van der Waals surface area contributed by atoms with Gasteiger partial charge in [0.1, 0.15) is 17.6 Å². The summed E-state index contributed by atoms with van der Waals surface area (Å²) >= 11 is 5.79. The molecule has 4 rings (SSSR count). The zero-order valence-corrected chi connectivity index (χ0v) is 18.2. The molecule has 2 saturated heterocycles. The van der Waals surface area contributed by atoms with Gasteiger partial charge >= 0.3 is 12.3 Å². The first-order valence-electron chi connectivity index (χ1n) is 10.3. The Morgan fingerprint density at radius 1 is 1.16 bits per heavy atom. The smallest absolute Gasteiger partial charge is 0.445 e. The van der Waals surface area contributed by atoms with Gasteiger partial charge in [0.15, 0.2) is 0 Å². The highest BCUT2D eigenvalue weighted by molar-refractivity contribution is 6.29. The third kappa shape index (κ3) is 4.91. The fraction of sp³-hybridized carbons (Fsp3) is 0.476. The number of amides is 1. The molecule has 1 amide bonds. The predicted molar refractivity (Wildman–Crippen MR) is 112 cm³/mol. The Morgan fingerprint density at radius 3 is 2.47 bits per heavy atom. The Morgan fingerprint density at radius 2 is 1.84 bits per heavy atom. The van der Waals surface area contributed by atoms with Gasteiger partial charge in [-0.3, -0.25) is 4.90 Å². The Kier molecular flexibility index (Phi) is 6.43. The number of ether oxygens (including phenoxy) is 1. The Balaban J connectivity index is 1.28. The second kappa shape index (κ2) is 9.11. The van der Waals surface area contributed by atoms with Crippen molar-refractivity contribution >= 4 is 23.5 Å². The number of anilines is 1. The van der Waals surface area contributed by atoms with Gasteiger partial charge in [0.25, 0.3) is 0 Å². The van der Waals surface area contributed by atoms with E-state index in [4.69, 9.17) is 16.3 Å². The van der Waals surface area contributed by atoms with Crippen LogP contribution in [0.3, 0.4) is 0 Å². The Labute approximate surface area is 188 Å². The predicted octanol–water partition coefficient (Wildman–Crippen LogP) is 3.68. The van der Waals surface area contributed by atoms with E-state index in [-0.39, 0.29) is 35.8 Å². The molecule has 2 aliphatic heterocycles. The lowest BCUT2D eigenvalue weighted by Gasteiger charge is -2.53. The van der Waals surface area contributed by atoms with Gasteiger partial charge in [-0.15, -0.1) is 0 Å². The van der Waals surface area contributed by atoms with Crippen molar-refractivity contribution in [3.8, 4) is 0 Å². The van der Waals surface area contributed by atoms with Gasteiger partial charge in [0.2, 0.25) is 5.82 Å². The van der Waals surface area contributed by atoms with Crippen LogP contribution in [0.25, 0.3) is 0 Å². The number of hydrogen-bond acceptors (Lipinski definition) is 6. The molecule has 3 heterocycles. The molecule has 0 spiro atoms. The van der Waals surface area contributed by atoms with Crippen LogP contribution in [0.5, 0.6) is 0 Å². The summed E-state index contributed by atoms with van der Waals surface area (Å²) in [6.45, 7) is 5.12. The number of benzene rings is 1. The summed E-state index contributed by atoms with van der Waals surface area (Å²) in [7, 11) is 0. The van der Waals surface area contributed by atoms with E-state index >= 15 is 0 Å². The fourth-order valence-corrected chi connectivity index (χ4v) is 4.22. The standard InChI is InChI=1S/C21H23ClF3N5O2/c1-14-16(12-30(14)18-11-17(22)26-19(27-18)21(23,24)25)28-7-9-29(10-8-28)20(31)32-13-15-5-3-2-4-6-15/h2-6,11,14,16H,7-10,12-13H2,1H3/t14-,16-/m1/s1. The summed E-state index contributed by atoms with van der Waals surface area (Å²) < 4.78 is 44.4. The summed E-state index contributed by atoms with van der Waals surface area (Å²) in [5.41, 5.74) is 0.932. The van der Waals surface area contributed by atoms with E-state index in [0.717, 1.165) is 5.56 Å². The van der Waals surface area contributed by atoms with Crippen LogP contribution in [0.15, 0.2) is 36.4 Å². The molecule has 32 heavy (non-hydrogen) atoms. The molecule has 11 heteroatoms. The SMILES string of the molecule is C[C@@H]1[C@H](N2CCN(C(=O)OCc3ccccc3)CC2)CN1c1cc(Cl)nc(C(F)(F)F)n1. The third-order valence-electron chi connectivity index (χ3n) is 5.91. The molecule has 1 aromatic heterocycles. The van der Waals surface area contributed by atoms with E-state index < -0.39 is 12.0 Å². The highest BCUT2D eigenvalue weighted by Gasteiger charge is 2.43. The van der Waals surface area contributed by atoms with E-state index in [0.29, 0.717) is 32.7 Å². The number of nitrogens with zero attached hydrogens (tertiary/aromatic N) is 5. The van der Waals surface area contributed by atoms with Crippen LogP contribution < -0.4 is 4.90 Å². The van der Waals surface area contributed by atoms with Crippen molar-refractivity contribution in [3.05, 3.63) is 52.9 Å². The molecule has 2 aliphatic rings. The Bertz CT molecular complexity index is 954. The number of carbonyl (C=O) groups excluding carboxylic acids is 1. The zero-order valence-electron chi connectivity index (χ0n) is 17.4. The molecule has 0 saturated carbocycles. The maximum Gasteiger partial charge on any atom is 0.451 e. The fourth-order valence-electron chi connectivity index (χ4n) is 4.04. The first-order chi connectivity index (χ1) is 15.2. The van der Waals surface area contributed by atoms with Crippen molar-refractivity contribution in [2.24, 2.45) is 0 Å². The molecule has 2 atom stereocenters. The topological polar surface area (TPSA) is 61.8 Å². The van der Waals surface area contributed by atoms with Crippen molar-refractivity contribution < 1.29 is 22.7 Å². The summed E-state index contributed by atoms with van der Waals surface area (Å²) in [6.07, 6.45) is -4.99. The number of halogens is 4. The van der Waals surface area contributed by atoms with Gasteiger partial charge in [-0.1, -0.05) is 41.9 Å². The van der Waals surface area contributed by atoms with Crippen LogP contribution in [-0.2, 0) is 17.5 Å². The lowest BCUT2D eigenvalue weighted by Crippen LogP contribution is -2.68. The Hall–Kier alpha value is -2.59. The second-order valence-corrected chi connectivity index (χ2v) is 8.28. The van der Waals surface area contributed by atoms with E-state index in [9.17, 15) is 18.0 Å². The number of piperazine rings is 1. The molecular weight excluding hydrogens is 447 g/mol. The van der Waals surface area contributed by atoms with Crippen molar-refractivity contribution in [1.82, 2.24) is 19.8 Å². The molecule has 0 bridgehead atoms. The van der Waals surface area contributed by atoms with Gasteiger partial charge in [-0.05, 0) is 12.5 Å². The van der Waals surface area contributed by atoms with Crippen molar-refractivity contribution in [2.45, 2.75) is 31.8 Å². The minimum absolute atomic E-state index is 0.0429. The quantitative estimate of drug-likeness (QED) is 0.637. The highest BCUT2D eigenvalue weighted by Crippen LogP contribution is 2.33. The van der Waals surface area contributed by atoms with Gasteiger partial charge in [-0.25, -0.2) is 14.8 Å². The lowest BCUT2D eigenvalue weighted by molar-refractivity contribution is -0.144. The van der Waals surface area contributed by atoms with Crippen LogP contribution >= 0.6 is 11.6 Å². The lowest BCUT2D eigenvalue weighted by atomic mass is 9.95. The van der Waals surface area contributed by atoms with Gasteiger partial charge in [0.05, 0.1) is 0 Å². The molecule has 0 N–H and O–H groups in total. The van der Waals surface area contributed by atoms with Crippen molar-refractivity contribution in [2.75, 3.05) is 37.6 Å². The van der Waals surface area contributed by atoms with Crippen LogP contribution in [0.2, 0.25) is 5.15 Å². The monoisotopic (exact) mass is 469 g/mol. The molecule has 0 unspecified atom stereocenters. The molecule has 172 valence electrons. The van der Waals surface area contributed by atoms with Gasteiger partial charge < -0.3 is 14.5 Å². The molecule has 0 aliphatic carbocycles.